The fourth-order valence-electron chi connectivity index (χ4n) is 3.34. The van der Waals surface area contributed by atoms with Crippen LogP contribution in [-0.2, 0) is 14.3 Å². The molecule has 0 saturated carbocycles. The van der Waals surface area contributed by atoms with Crippen molar-refractivity contribution in [1.82, 2.24) is 5.32 Å². The Labute approximate surface area is 132 Å². The maximum atomic E-state index is 12.2. The molecule has 1 unspecified atom stereocenters. The molecule has 5 heteroatoms. The van der Waals surface area contributed by atoms with Crippen LogP contribution >= 0.6 is 0 Å². The molecular formula is C17H29NO4. The number of aliphatic hydroxyl groups is 1. The standard InChI is InChI=1S/C17H29NO4/c1-3-4-5-6-7-8-9-10-11-12-13(19)17-14(22-17)16(2,21)18-15(17)20/h14,21H,3-12H2,1-2H3,(H,18,20)/t14-,16?,17+/m0/s1. The molecule has 2 rings (SSSR count). The lowest BCUT2D eigenvalue weighted by atomic mass is 9.94. The molecule has 2 heterocycles. The summed E-state index contributed by atoms with van der Waals surface area (Å²) in [6.07, 6.45) is 10.3. The SMILES string of the molecule is CCCCCCCCCCCC(=O)[C@@]12O[C@H]1C(C)(O)NC2=O. The first-order valence-corrected chi connectivity index (χ1v) is 8.71. The van der Waals surface area contributed by atoms with Gasteiger partial charge >= 0.3 is 0 Å². The number of morpholine rings is 1. The first-order valence-electron chi connectivity index (χ1n) is 8.71. The molecule has 0 bridgehead atoms. The molecule has 22 heavy (non-hydrogen) atoms. The summed E-state index contributed by atoms with van der Waals surface area (Å²) in [7, 11) is 0. The molecule has 0 aromatic carbocycles. The van der Waals surface area contributed by atoms with Crippen LogP contribution in [0.5, 0.6) is 0 Å². The molecule has 126 valence electrons. The molecule has 1 amide bonds. The second-order valence-electron chi connectivity index (χ2n) is 6.84. The van der Waals surface area contributed by atoms with Crippen LogP contribution in [0.3, 0.4) is 0 Å². The minimum absolute atomic E-state index is 0.185. The highest BCUT2D eigenvalue weighted by Crippen LogP contribution is 2.49. The van der Waals surface area contributed by atoms with Gasteiger partial charge in [0.05, 0.1) is 0 Å². The third kappa shape index (κ3) is 3.51. The Morgan fingerprint density at radius 1 is 1.14 bits per heavy atom. The van der Waals surface area contributed by atoms with E-state index in [2.05, 4.69) is 12.2 Å². The van der Waals surface area contributed by atoms with Gasteiger partial charge in [0.1, 0.15) is 0 Å². The zero-order chi connectivity index (χ0) is 16.2. The third-order valence-corrected chi connectivity index (χ3v) is 4.75. The van der Waals surface area contributed by atoms with E-state index in [-0.39, 0.29) is 5.78 Å². The van der Waals surface area contributed by atoms with Crippen LogP contribution < -0.4 is 5.32 Å². The van der Waals surface area contributed by atoms with Crippen molar-refractivity contribution in [3.63, 3.8) is 0 Å². The Morgan fingerprint density at radius 2 is 1.68 bits per heavy atom. The molecule has 2 saturated heterocycles. The number of carbonyl (C=O) groups excluding carboxylic acids is 2. The van der Waals surface area contributed by atoms with E-state index in [4.69, 9.17) is 4.74 Å². The van der Waals surface area contributed by atoms with Crippen molar-refractivity contribution >= 4 is 11.7 Å². The topological polar surface area (TPSA) is 78.9 Å². The molecule has 0 aliphatic carbocycles. The monoisotopic (exact) mass is 311 g/mol. The molecule has 2 aliphatic heterocycles. The molecule has 2 aliphatic rings. The van der Waals surface area contributed by atoms with Crippen molar-refractivity contribution in [3.8, 4) is 0 Å². The quantitative estimate of drug-likeness (QED) is 0.349. The zero-order valence-electron chi connectivity index (χ0n) is 13.8. The maximum Gasteiger partial charge on any atom is 0.265 e. The lowest BCUT2D eigenvalue weighted by molar-refractivity contribution is -0.138. The van der Waals surface area contributed by atoms with Crippen LogP contribution in [0.1, 0.15) is 78.1 Å². The number of amides is 1. The van der Waals surface area contributed by atoms with Crippen LogP contribution in [0, 0.1) is 0 Å². The zero-order valence-corrected chi connectivity index (χ0v) is 13.8. The summed E-state index contributed by atoms with van der Waals surface area (Å²) in [5, 5.41) is 12.3. The molecule has 2 fully saturated rings. The van der Waals surface area contributed by atoms with E-state index >= 15 is 0 Å². The molecule has 0 aromatic rings. The average Bonchev–Trinajstić information content (AvgIpc) is 3.18. The minimum Gasteiger partial charge on any atom is -0.368 e. The van der Waals surface area contributed by atoms with Gasteiger partial charge in [0, 0.05) is 6.42 Å². The van der Waals surface area contributed by atoms with Crippen molar-refractivity contribution in [2.45, 2.75) is 95.5 Å². The number of epoxide rings is 1. The molecule has 0 aromatic heterocycles. The van der Waals surface area contributed by atoms with Gasteiger partial charge in [-0.1, -0.05) is 58.3 Å². The van der Waals surface area contributed by atoms with E-state index in [1.54, 1.807) is 0 Å². The molecule has 0 radical (unpaired) electrons. The van der Waals surface area contributed by atoms with E-state index in [9.17, 15) is 14.7 Å². The van der Waals surface area contributed by atoms with Gasteiger partial charge in [0.25, 0.3) is 5.91 Å². The van der Waals surface area contributed by atoms with Crippen molar-refractivity contribution in [1.29, 1.82) is 0 Å². The van der Waals surface area contributed by atoms with Crippen molar-refractivity contribution in [2.24, 2.45) is 0 Å². The van der Waals surface area contributed by atoms with Gasteiger partial charge in [0.15, 0.2) is 17.6 Å². The number of ketones is 1. The van der Waals surface area contributed by atoms with Crippen molar-refractivity contribution in [2.75, 3.05) is 0 Å². The van der Waals surface area contributed by atoms with Gasteiger partial charge in [-0.05, 0) is 13.3 Å². The van der Waals surface area contributed by atoms with E-state index in [0.717, 1.165) is 19.3 Å². The summed E-state index contributed by atoms with van der Waals surface area (Å²) >= 11 is 0. The number of carbonyl (C=O) groups is 2. The Hall–Kier alpha value is -0.940. The second-order valence-corrected chi connectivity index (χ2v) is 6.84. The average molecular weight is 311 g/mol. The highest BCUT2D eigenvalue weighted by atomic mass is 16.6. The van der Waals surface area contributed by atoms with Crippen LogP contribution in [0.2, 0.25) is 0 Å². The number of Topliss-reactive ketones (excluding diaryl/α,β-unsaturated/α-hetero) is 1. The van der Waals surface area contributed by atoms with Gasteiger partial charge in [-0.2, -0.15) is 0 Å². The Balaban J connectivity index is 1.57. The first-order chi connectivity index (χ1) is 10.4. The van der Waals surface area contributed by atoms with E-state index in [1.807, 2.05) is 0 Å². The highest BCUT2D eigenvalue weighted by Gasteiger charge is 2.78. The van der Waals surface area contributed by atoms with E-state index < -0.39 is 23.3 Å². The summed E-state index contributed by atoms with van der Waals surface area (Å²) in [5.41, 5.74) is -2.80. The summed E-state index contributed by atoms with van der Waals surface area (Å²) < 4.78 is 5.25. The summed E-state index contributed by atoms with van der Waals surface area (Å²) in [5.74, 6) is -0.667. The predicted molar refractivity (Wildman–Crippen MR) is 83.2 cm³/mol. The smallest absolute Gasteiger partial charge is 0.265 e. The molecule has 3 atom stereocenters. The fraction of sp³-hybridized carbons (Fsp3) is 0.882. The third-order valence-electron chi connectivity index (χ3n) is 4.75. The highest BCUT2D eigenvalue weighted by molar-refractivity contribution is 6.15. The molecule has 2 N–H and O–H groups in total. The van der Waals surface area contributed by atoms with Crippen molar-refractivity contribution in [3.05, 3.63) is 0 Å². The Bertz CT molecular complexity index is 421. The number of hydrogen-bond donors (Lipinski definition) is 2. The number of fused-ring (bicyclic) bond motifs is 1. The molecule has 0 spiro atoms. The van der Waals surface area contributed by atoms with Gasteiger partial charge in [-0.25, -0.2) is 0 Å². The Kier molecular flexibility index (Phi) is 5.61. The summed E-state index contributed by atoms with van der Waals surface area (Å²) in [4.78, 5) is 24.1. The second kappa shape index (κ2) is 7.09. The van der Waals surface area contributed by atoms with Gasteiger partial charge in [-0.15, -0.1) is 0 Å². The number of hydrogen-bond acceptors (Lipinski definition) is 4. The van der Waals surface area contributed by atoms with Crippen LogP contribution in [0.25, 0.3) is 0 Å². The normalized spacial score (nSPS) is 32.7. The van der Waals surface area contributed by atoms with Gasteiger partial charge in [0.2, 0.25) is 5.60 Å². The lowest BCUT2D eigenvalue weighted by Gasteiger charge is -2.16. The van der Waals surface area contributed by atoms with E-state index in [1.165, 1.54) is 45.4 Å². The maximum absolute atomic E-state index is 12.2. The number of ether oxygens (including phenoxy) is 1. The van der Waals surface area contributed by atoms with Crippen LogP contribution in [0.15, 0.2) is 0 Å². The first kappa shape index (κ1) is 17.4. The number of rotatable bonds is 11. The summed E-state index contributed by atoms with van der Waals surface area (Å²) in [6, 6.07) is 0. The fourth-order valence-corrected chi connectivity index (χ4v) is 3.34. The minimum atomic E-state index is -1.41. The van der Waals surface area contributed by atoms with Crippen molar-refractivity contribution < 1.29 is 19.4 Å². The Morgan fingerprint density at radius 3 is 2.14 bits per heavy atom. The largest absolute Gasteiger partial charge is 0.368 e. The van der Waals surface area contributed by atoms with Gasteiger partial charge in [-0.3, -0.25) is 9.59 Å². The number of nitrogens with one attached hydrogen (secondary N) is 1. The lowest BCUT2D eigenvalue weighted by Crippen LogP contribution is -2.45. The van der Waals surface area contributed by atoms with E-state index in [0.29, 0.717) is 6.42 Å². The molecule has 5 nitrogen and oxygen atoms in total. The van der Waals surface area contributed by atoms with Crippen LogP contribution in [0.4, 0.5) is 0 Å². The predicted octanol–water partition coefficient (Wildman–Crippen LogP) is 2.45. The van der Waals surface area contributed by atoms with Gasteiger partial charge < -0.3 is 15.2 Å². The molecular weight excluding hydrogens is 282 g/mol. The van der Waals surface area contributed by atoms with Crippen LogP contribution in [-0.4, -0.2) is 34.2 Å². The summed E-state index contributed by atoms with van der Waals surface area (Å²) in [6.45, 7) is 3.69. The number of unbranched alkanes of at least 4 members (excludes halogenated alkanes) is 8.